The molecule has 5 heteroatoms. The van der Waals surface area contributed by atoms with Gasteiger partial charge in [0.05, 0.1) is 12.6 Å². The van der Waals surface area contributed by atoms with Crippen molar-refractivity contribution in [2.75, 3.05) is 6.61 Å². The number of ether oxygens (including phenoxy) is 1. The van der Waals surface area contributed by atoms with Crippen molar-refractivity contribution < 1.29 is 25.8 Å². The average Bonchev–Trinajstić information content (AvgIpc) is 3.61. The van der Waals surface area contributed by atoms with Crippen molar-refractivity contribution in [3.63, 3.8) is 0 Å². The molecule has 4 aromatic carbocycles. The Morgan fingerprint density at radius 1 is 0.829 bits per heavy atom. The molecule has 0 amide bonds. The van der Waals surface area contributed by atoms with E-state index >= 15 is 0 Å². The number of rotatable bonds is 5. The predicted octanol–water partition coefficient (Wildman–Crippen LogP) is 8.22. The van der Waals surface area contributed by atoms with Crippen LogP contribution in [0.15, 0.2) is 102 Å². The normalized spacial score (nSPS) is 14.7. The van der Waals surface area contributed by atoms with Crippen LogP contribution in [-0.4, -0.2) is 28.1 Å². The third-order valence-corrected chi connectivity index (χ3v) is 7.65. The van der Waals surface area contributed by atoms with E-state index in [4.69, 9.17) is 9.73 Å². The maximum absolute atomic E-state index is 6.13. The molecular formula is C36H29N3OPt. The van der Waals surface area contributed by atoms with Crippen LogP contribution in [0.3, 0.4) is 0 Å². The van der Waals surface area contributed by atoms with Crippen molar-refractivity contribution in [2.45, 2.75) is 26.8 Å². The van der Waals surface area contributed by atoms with Crippen LogP contribution < -0.4 is 0 Å². The van der Waals surface area contributed by atoms with Crippen molar-refractivity contribution in [1.29, 1.82) is 0 Å². The molecule has 0 bridgehead atoms. The van der Waals surface area contributed by atoms with Crippen LogP contribution in [0.4, 0.5) is 0 Å². The number of aromatic nitrogens is 2. The molecule has 0 saturated heterocycles. The summed E-state index contributed by atoms with van der Waals surface area (Å²) >= 11 is 0. The number of hydrogen-bond donors (Lipinski definition) is 0. The molecule has 6 aromatic rings. The van der Waals surface area contributed by atoms with E-state index in [-0.39, 0.29) is 27.1 Å². The van der Waals surface area contributed by atoms with Gasteiger partial charge in [-0.3, -0.25) is 4.99 Å². The average molecular weight is 715 g/mol. The monoisotopic (exact) mass is 714 g/mol. The molecule has 204 valence electrons. The number of hydrogen-bond acceptors (Lipinski definition) is 3. The summed E-state index contributed by atoms with van der Waals surface area (Å²) in [6.45, 7) is 7.06. The number of aryl methyl sites for hydroxylation is 1. The van der Waals surface area contributed by atoms with E-state index in [1.54, 1.807) is 0 Å². The van der Waals surface area contributed by atoms with Crippen LogP contribution in [-0.2, 0) is 25.8 Å². The van der Waals surface area contributed by atoms with Crippen LogP contribution in [0.2, 0.25) is 0 Å². The molecule has 2 aromatic heterocycles. The van der Waals surface area contributed by atoms with E-state index in [2.05, 4.69) is 121 Å². The van der Waals surface area contributed by atoms with Gasteiger partial charge < -0.3 is 14.3 Å². The quantitative estimate of drug-likeness (QED) is 0.169. The molecule has 0 aliphatic carbocycles. The molecule has 7 rings (SSSR count). The zero-order valence-electron chi connectivity index (χ0n) is 23.2. The minimum absolute atomic E-state index is 0. The van der Waals surface area contributed by atoms with Gasteiger partial charge in [0.2, 0.25) is 0 Å². The summed E-state index contributed by atoms with van der Waals surface area (Å²) < 4.78 is 8.39. The van der Waals surface area contributed by atoms with E-state index in [0.29, 0.717) is 18.4 Å². The number of nitrogens with zero attached hydrogens (tertiary/aromatic N) is 3. The maximum Gasteiger partial charge on any atom is 2.00 e. The summed E-state index contributed by atoms with van der Waals surface area (Å²) in [7, 11) is 0. The first kappa shape index (κ1) is 27.2. The van der Waals surface area contributed by atoms with E-state index in [1.165, 1.54) is 10.9 Å². The van der Waals surface area contributed by atoms with Gasteiger partial charge in [0, 0.05) is 11.7 Å². The molecule has 0 N–H and O–H groups in total. The molecule has 0 spiro atoms. The smallest absolute Gasteiger partial charge is 0.518 e. The predicted molar refractivity (Wildman–Crippen MR) is 163 cm³/mol. The number of fused-ring (bicyclic) bond motifs is 3. The molecule has 0 fully saturated rings. The van der Waals surface area contributed by atoms with Crippen LogP contribution >= 0.6 is 0 Å². The Hall–Kier alpha value is -4.01. The van der Waals surface area contributed by atoms with E-state index < -0.39 is 0 Å². The van der Waals surface area contributed by atoms with Crippen LogP contribution in [0.5, 0.6) is 0 Å². The Morgan fingerprint density at radius 2 is 1.63 bits per heavy atom. The van der Waals surface area contributed by atoms with Crippen molar-refractivity contribution in [3.05, 3.63) is 120 Å². The molecule has 0 saturated carbocycles. The fraction of sp³-hybridized carbons (Fsp3) is 0.167. The summed E-state index contributed by atoms with van der Waals surface area (Å²) in [6.07, 6.45) is 1.86. The number of aliphatic imine (C=N–C) groups is 1. The molecule has 4 nitrogen and oxygen atoms in total. The van der Waals surface area contributed by atoms with Crippen molar-refractivity contribution >= 4 is 27.7 Å². The fourth-order valence-corrected chi connectivity index (χ4v) is 5.44. The number of para-hydroxylation sites is 1. The second-order valence-electron chi connectivity index (χ2n) is 10.8. The molecule has 3 heterocycles. The Morgan fingerprint density at radius 3 is 2.41 bits per heavy atom. The maximum atomic E-state index is 6.13. The summed E-state index contributed by atoms with van der Waals surface area (Å²) in [6, 6.07) is 39.3. The van der Waals surface area contributed by atoms with Crippen molar-refractivity contribution in [2.24, 2.45) is 10.9 Å². The second kappa shape index (κ2) is 11.1. The topological polar surface area (TPSA) is 39.4 Å². The van der Waals surface area contributed by atoms with E-state index in [1.807, 2.05) is 18.3 Å². The standard InChI is InChI=1S/C36H29N3O.Pt/c1-23(2)33-22-40-36(38-33)28-18-27(25-9-5-4-6-10-25)19-29(20-28)39-34-12-8-7-11-30(34)31-14-13-26(21-35(31)39)32-17-24(3)15-16-37-32;/h4-19,23,33H,22H2,1-3H3;/q-2;+2/t33-;/m0./s1. The molecule has 41 heavy (non-hydrogen) atoms. The zero-order valence-corrected chi connectivity index (χ0v) is 25.4. The van der Waals surface area contributed by atoms with Gasteiger partial charge in [0.15, 0.2) is 0 Å². The van der Waals surface area contributed by atoms with E-state index in [9.17, 15) is 0 Å². The third-order valence-electron chi connectivity index (χ3n) is 7.65. The minimum atomic E-state index is 0. The summed E-state index contributed by atoms with van der Waals surface area (Å²) in [5, 5.41) is 2.31. The summed E-state index contributed by atoms with van der Waals surface area (Å²) in [4.78, 5) is 9.57. The van der Waals surface area contributed by atoms with Gasteiger partial charge in [-0.2, -0.15) is 0 Å². The van der Waals surface area contributed by atoms with Gasteiger partial charge in [-0.1, -0.05) is 90.5 Å². The van der Waals surface area contributed by atoms with E-state index in [0.717, 1.165) is 50.1 Å². The minimum Gasteiger partial charge on any atom is -0.518 e. The van der Waals surface area contributed by atoms with Gasteiger partial charge in [-0.25, -0.2) is 0 Å². The van der Waals surface area contributed by atoms with Gasteiger partial charge in [0.1, 0.15) is 5.90 Å². The number of benzene rings is 4. The largest absolute Gasteiger partial charge is 2.00 e. The first-order valence-electron chi connectivity index (χ1n) is 13.8. The zero-order chi connectivity index (χ0) is 27.2. The summed E-state index contributed by atoms with van der Waals surface area (Å²) in [5.41, 5.74) is 9.14. The second-order valence-corrected chi connectivity index (χ2v) is 10.8. The molecule has 0 unspecified atom stereocenters. The van der Waals surface area contributed by atoms with Gasteiger partial charge in [0.25, 0.3) is 0 Å². The van der Waals surface area contributed by atoms with Crippen LogP contribution in [0.25, 0.3) is 49.9 Å². The molecule has 1 atom stereocenters. The fourth-order valence-electron chi connectivity index (χ4n) is 5.44. The molecule has 1 aliphatic rings. The molecule has 0 radical (unpaired) electrons. The summed E-state index contributed by atoms with van der Waals surface area (Å²) in [5.74, 6) is 1.07. The first-order valence-corrected chi connectivity index (χ1v) is 13.8. The van der Waals surface area contributed by atoms with Crippen LogP contribution in [0.1, 0.15) is 25.0 Å². The first-order chi connectivity index (χ1) is 19.5. The Kier molecular flexibility index (Phi) is 7.36. The molecule has 1 aliphatic heterocycles. The third kappa shape index (κ3) is 5.02. The Labute approximate surface area is 255 Å². The van der Waals surface area contributed by atoms with Crippen molar-refractivity contribution in [3.8, 4) is 28.1 Å². The van der Waals surface area contributed by atoms with Gasteiger partial charge in [-0.15, -0.1) is 42.0 Å². The number of pyridine rings is 1. The Bertz CT molecular complexity index is 1910. The van der Waals surface area contributed by atoms with Crippen LogP contribution in [0, 0.1) is 25.0 Å². The van der Waals surface area contributed by atoms with Gasteiger partial charge >= 0.3 is 21.1 Å². The molecular weight excluding hydrogens is 685 g/mol. The van der Waals surface area contributed by atoms with Crippen molar-refractivity contribution in [1.82, 2.24) is 9.55 Å². The SMILES string of the molecule is Cc1ccnc(-c2[c-]c3c(cc2)c2ccccc2n3-c2[c-]c(C3=N[C@H](C(C)C)CO3)cc(-c3ccccc3)c2)c1.[Pt+2]. The van der Waals surface area contributed by atoms with Gasteiger partial charge in [-0.05, 0) is 52.8 Å². The Balaban J connectivity index is 0.00000302.